The number of piperazine rings is 3. The molecule has 3 saturated heterocycles. The van der Waals surface area contributed by atoms with Crippen molar-refractivity contribution in [3.8, 4) is 11.5 Å². The van der Waals surface area contributed by atoms with Crippen LogP contribution in [0.15, 0.2) is 10.7 Å². The zero-order valence-corrected chi connectivity index (χ0v) is 10.4. The molecule has 0 aromatic carbocycles. The topological polar surface area (TPSA) is 100 Å². The highest BCUT2D eigenvalue weighted by molar-refractivity contribution is 5.65. The smallest absolute Gasteiger partial charge is 0.263 e. The van der Waals surface area contributed by atoms with Crippen molar-refractivity contribution >= 4 is 5.82 Å². The Morgan fingerprint density at radius 2 is 2.16 bits per heavy atom. The van der Waals surface area contributed by atoms with Crippen molar-refractivity contribution in [2.24, 2.45) is 0 Å². The number of aromatic nitrogens is 4. The summed E-state index contributed by atoms with van der Waals surface area (Å²) in [5.74, 6) is 1.61. The van der Waals surface area contributed by atoms with Gasteiger partial charge >= 0.3 is 0 Å². The van der Waals surface area contributed by atoms with Gasteiger partial charge in [-0.3, -0.25) is 14.9 Å². The molecule has 0 saturated carbocycles. The number of H-pyrrole nitrogens is 1. The molecule has 0 aliphatic carbocycles. The molecule has 0 amide bonds. The molecule has 3 fully saturated rings. The van der Waals surface area contributed by atoms with Crippen molar-refractivity contribution in [1.82, 2.24) is 30.1 Å². The van der Waals surface area contributed by atoms with Gasteiger partial charge in [0.15, 0.2) is 5.82 Å². The average Bonchev–Trinajstić information content (AvgIpc) is 3.08. The van der Waals surface area contributed by atoms with E-state index >= 15 is 0 Å². The maximum atomic E-state index is 5.76. The number of hydrogen-bond donors (Lipinski definition) is 2. The second-order valence-corrected chi connectivity index (χ2v) is 5.01. The Hall–Kier alpha value is -1.93. The molecule has 0 radical (unpaired) electrons. The van der Waals surface area contributed by atoms with Gasteiger partial charge in [-0.2, -0.15) is 10.1 Å². The summed E-state index contributed by atoms with van der Waals surface area (Å²) in [7, 11) is 0. The predicted octanol–water partition coefficient (Wildman–Crippen LogP) is -0.286. The summed E-state index contributed by atoms with van der Waals surface area (Å²) < 4.78 is 5.30. The summed E-state index contributed by atoms with van der Waals surface area (Å²) >= 11 is 0. The van der Waals surface area contributed by atoms with Crippen LogP contribution in [-0.4, -0.2) is 62.9 Å². The van der Waals surface area contributed by atoms with Crippen molar-refractivity contribution in [1.29, 1.82) is 0 Å². The number of nitrogens with two attached hydrogens (primary N) is 1. The molecule has 5 rings (SSSR count). The largest absolute Gasteiger partial charge is 0.383 e. The van der Waals surface area contributed by atoms with E-state index in [0.29, 0.717) is 17.3 Å². The molecule has 100 valence electrons. The van der Waals surface area contributed by atoms with E-state index in [2.05, 4.69) is 30.1 Å². The molecular weight excluding hydrogens is 246 g/mol. The van der Waals surface area contributed by atoms with Crippen LogP contribution in [0.4, 0.5) is 5.82 Å². The second-order valence-electron chi connectivity index (χ2n) is 5.01. The summed E-state index contributed by atoms with van der Waals surface area (Å²) in [4.78, 5) is 9.32. The molecule has 1 atom stereocenters. The summed E-state index contributed by atoms with van der Waals surface area (Å²) in [5.41, 5.74) is 6.42. The number of rotatable bonds is 2. The molecule has 3 aliphatic heterocycles. The van der Waals surface area contributed by atoms with Gasteiger partial charge in [0.25, 0.3) is 5.89 Å². The molecule has 5 heterocycles. The highest BCUT2D eigenvalue weighted by Crippen LogP contribution is 2.29. The number of nitrogen functional groups attached to an aromatic ring is 1. The Bertz CT molecular complexity index is 583. The Morgan fingerprint density at radius 3 is 2.79 bits per heavy atom. The highest BCUT2D eigenvalue weighted by atomic mass is 16.5. The fraction of sp³-hybridized carbons (Fsp3) is 0.545. The minimum absolute atomic E-state index is 0.230. The molecule has 8 heteroatoms. The molecule has 1 unspecified atom stereocenters. The standard InChI is InChI=1S/C11H15N7O/c12-9-7(5-13-15-9)11-14-10(16-19-11)8-6-17-1-3-18(8)4-2-17/h5,8H,1-4,6H2,(H3,12,13,15). The number of aromatic amines is 1. The molecule has 19 heavy (non-hydrogen) atoms. The van der Waals surface area contributed by atoms with Crippen LogP contribution in [0.2, 0.25) is 0 Å². The first-order valence-corrected chi connectivity index (χ1v) is 6.40. The lowest BCUT2D eigenvalue weighted by Gasteiger charge is -2.46. The number of hydrogen-bond acceptors (Lipinski definition) is 7. The number of nitrogens with zero attached hydrogens (tertiary/aromatic N) is 5. The van der Waals surface area contributed by atoms with Crippen molar-refractivity contribution in [2.45, 2.75) is 6.04 Å². The quantitative estimate of drug-likeness (QED) is 0.766. The van der Waals surface area contributed by atoms with E-state index in [9.17, 15) is 0 Å². The first-order valence-electron chi connectivity index (χ1n) is 6.40. The van der Waals surface area contributed by atoms with Gasteiger partial charge < -0.3 is 10.3 Å². The normalized spacial score (nSPS) is 29.8. The van der Waals surface area contributed by atoms with E-state index < -0.39 is 0 Å². The van der Waals surface area contributed by atoms with E-state index in [1.54, 1.807) is 6.20 Å². The summed E-state index contributed by atoms with van der Waals surface area (Å²) in [6.45, 7) is 5.39. The van der Waals surface area contributed by atoms with E-state index in [0.717, 1.165) is 38.5 Å². The van der Waals surface area contributed by atoms with Gasteiger partial charge in [0.05, 0.1) is 12.2 Å². The predicted molar refractivity (Wildman–Crippen MR) is 67.0 cm³/mol. The third kappa shape index (κ3) is 1.71. The van der Waals surface area contributed by atoms with Gasteiger partial charge in [-0.25, -0.2) is 0 Å². The van der Waals surface area contributed by atoms with Crippen LogP contribution in [0.1, 0.15) is 11.9 Å². The van der Waals surface area contributed by atoms with Gasteiger partial charge in [0.1, 0.15) is 11.4 Å². The van der Waals surface area contributed by atoms with Crippen molar-refractivity contribution in [3.05, 3.63) is 12.0 Å². The zero-order chi connectivity index (χ0) is 12.8. The second kappa shape index (κ2) is 4.04. The highest BCUT2D eigenvalue weighted by Gasteiger charge is 2.35. The van der Waals surface area contributed by atoms with Crippen LogP contribution in [0.5, 0.6) is 0 Å². The molecule has 2 aromatic rings. The van der Waals surface area contributed by atoms with Crippen LogP contribution >= 0.6 is 0 Å². The molecular formula is C11H15N7O. The van der Waals surface area contributed by atoms with Crippen LogP contribution in [0, 0.1) is 0 Å². The fourth-order valence-corrected chi connectivity index (χ4v) is 2.81. The van der Waals surface area contributed by atoms with E-state index in [1.165, 1.54) is 0 Å². The van der Waals surface area contributed by atoms with Gasteiger partial charge in [0, 0.05) is 32.7 Å². The fourth-order valence-electron chi connectivity index (χ4n) is 2.81. The van der Waals surface area contributed by atoms with Crippen LogP contribution < -0.4 is 5.73 Å². The summed E-state index contributed by atoms with van der Waals surface area (Å²) in [6, 6.07) is 0.230. The van der Waals surface area contributed by atoms with Crippen LogP contribution in [-0.2, 0) is 0 Å². The minimum Gasteiger partial charge on any atom is -0.383 e. The first-order chi connectivity index (χ1) is 9.31. The number of nitrogens with one attached hydrogen (secondary N) is 1. The summed E-state index contributed by atoms with van der Waals surface area (Å²) in [5, 5.41) is 10.6. The van der Waals surface area contributed by atoms with Gasteiger partial charge in [0.2, 0.25) is 0 Å². The van der Waals surface area contributed by atoms with Gasteiger partial charge in [-0.05, 0) is 0 Å². The van der Waals surface area contributed by atoms with E-state index in [-0.39, 0.29) is 6.04 Å². The zero-order valence-electron chi connectivity index (χ0n) is 10.4. The Labute approximate surface area is 109 Å². The van der Waals surface area contributed by atoms with Crippen molar-refractivity contribution in [2.75, 3.05) is 38.5 Å². The maximum Gasteiger partial charge on any atom is 0.263 e. The molecule has 2 bridgehead atoms. The van der Waals surface area contributed by atoms with Gasteiger partial charge in [-0.1, -0.05) is 5.16 Å². The number of anilines is 1. The van der Waals surface area contributed by atoms with Gasteiger partial charge in [-0.15, -0.1) is 0 Å². The third-order valence-electron chi connectivity index (χ3n) is 3.92. The Morgan fingerprint density at radius 1 is 1.32 bits per heavy atom. The average molecular weight is 261 g/mol. The third-order valence-corrected chi connectivity index (χ3v) is 3.92. The van der Waals surface area contributed by atoms with E-state index in [1.807, 2.05) is 0 Å². The SMILES string of the molecule is Nc1[nH]ncc1-c1nc(C2CN3CCN2CC3)no1. The van der Waals surface area contributed by atoms with E-state index in [4.69, 9.17) is 10.3 Å². The lowest BCUT2D eigenvalue weighted by molar-refractivity contribution is 0.00781. The first kappa shape index (κ1) is 10.9. The molecule has 3 aliphatic rings. The lowest BCUT2D eigenvalue weighted by Crippen LogP contribution is -2.57. The minimum atomic E-state index is 0.230. The maximum absolute atomic E-state index is 5.76. The molecule has 3 N–H and O–H groups in total. The molecule has 0 spiro atoms. The lowest BCUT2D eigenvalue weighted by atomic mass is 10.1. The van der Waals surface area contributed by atoms with Crippen LogP contribution in [0.25, 0.3) is 11.5 Å². The van der Waals surface area contributed by atoms with Crippen LogP contribution in [0.3, 0.4) is 0 Å². The monoisotopic (exact) mass is 261 g/mol. The number of fused-ring (bicyclic) bond motifs is 3. The molecule has 8 nitrogen and oxygen atoms in total. The summed E-state index contributed by atoms with van der Waals surface area (Å²) in [6.07, 6.45) is 1.60. The van der Waals surface area contributed by atoms with Crippen molar-refractivity contribution < 1.29 is 4.52 Å². The molecule has 2 aromatic heterocycles. The van der Waals surface area contributed by atoms with Crippen molar-refractivity contribution in [3.63, 3.8) is 0 Å². The Balaban J connectivity index is 1.63. The Kier molecular flexibility index (Phi) is 2.32.